The van der Waals surface area contributed by atoms with Gasteiger partial charge in [0.15, 0.2) is 0 Å². The van der Waals surface area contributed by atoms with Crippen molar-refractivity contribution in [1.82, 2.24) is 0 Å². The summed E-state index contributed by atoms with van der Waals surface area (Å²) in [5.41, 5.74) is 5.81. The minimum atomic E-state index is 0.307. The Morgan fingerprint density at radius 3 is 2.25 bits per heavy atom. The third kappa shape index (κ3) is 2.65. The molecule has 0 bridgehead atoms. The Morgan fingerprint density at radius 2 is 1.56 bits per heavy atom. The van der Waals surface area contributed by atoms with Gasteiger partial charge in [-0.05, 0) is 38.1 Å². The van der Waals surface area contributed by atoms with Crippen molar-refractivity contribution >= 4 is 5.78 Å². The van der Waals surface area contributed by atoms with Gasteiger partial charge in [-0.3, -0.25) is 4.79 Å². The lowest BCUT2D eigenvalue weighted by Crippen LogP contribution is -2.36. The van der Waals surface area contributed by atoms with Crippen LogP contribution in [0.2, 0.25) is 0 Å². The highest BCUT2D eigenvalue weighted by molar-refractivity contribution is 5.83. The van der Waals surface area contributed by atoms with E-state index in [0.717, 1.165) is 19.3 Å². The minimum Gasteiger partial charge on any atom is -0.330 e. The summed E-state index contributed by atoms with van der Waals surface area (Å²) < 4.78 is 0. The van der Waals surface area contributed by atoms with Gasteiger partial charge in [0.05, 0.1) is 0 Å². The third-order valence-corrected chi connectivity index (χ3v) is 4.58. The monoisotopic (exact) mass is 223 g/mol. The van der Waals surface area contributed by atoms with Crippen molar-refractivity contribution in [3.63, 3.8) is 0 Å². The molecule has 0 radical (unpaired) electrons. The van der Waals surface area contributed by atoms with E-state index in [9.17, 15) is 4.79 Å². The second-order valence-electron chi connectivity index (χ2n) is 5.62. The summed E-state index contributed by atoms with van der Waals surface area (Å²) in [5, 5.41) is 0. The molecule has 0 aromatic rings. The van der Waals surface area contributed by atoms with E-state index in [-0.39, 0.29) is 0 Å². The Labute approximate surface area is 99.0 Å². The highest BCUT2D eigenvalue weighted by Gasteiger charge is 2.34. The summed E-state index contributed by atoms with van der Waals surface area (Å²) in [5.74, 6) is 1.74. The van der Waals surface area contributed by atoms with Crippen LogP contribution >= 0.6 is 0 Å². The van der Waals surface area contributed by atoms with Crippen LogP contribution in [0.15, 0.2) is 0 Å². The maximum Gasteiger partial charge on any atom is 0.139 e. The predicted molar refractivity (Wildman–Crippen MR) is 66.1 cm³/mol. The summed E-state index contributed by atoms with van der Waals surface area (Å²) in [4.78, 5) is 12.5. The van der Waals surface area contributed by atoms with Gasteiger partial charge in [0.2, 0.25) is 0 Å². The van der Waals surface area contributed by atoms with Gasteiger partial charge in [0, 0.05) is 11.8 Å². The molecule has 92 valence electrons. The fraction of sp³-hybridized carbons (Fsp3) is 0.929. The van der Waals surface area contributed by atoms with Gasteiger partial charge in [0.1, 0.15) is 5.78 Å². The minimum absolute atomic E-state index is 0.307. The number of nitrogens with two attached hydrogens (primary N) is 1. The standard InChI is InChI=1S/C14H25NO/c15-10-12-8-4-5-9-13(12)14(16)11-6-2-1-3-7-11/h11-13H,1-10,15H2. The van der Waals surface area contributed by atoms with Gasteiger partial charge in [-0.1, -0.05) is 32.1 Å². The summed E-state index contributed by atoms with van der Waals surface area (Å²) >= 11 is 0. The Bertz CT molecular complexity index is 233. The van der Waals surface area contributed by atoms with Crippen LogP contribution < -0.4 is 5.73 Å². The van der Waals surface area contributed by atoms with Crippen molar-refractivity contribution in [1.29, 1.82) is 0 Å². The fourth-order valence-corrected chi connectivity index (χ4v) is 3.55. The van der Waals surface area contributed by atoms with Gasteiger partial charge >= 0.3 is 0 Å². The zero-order valence-electron chi connectivity index (χ0n) is 10.3. The first-order chi connectivity index (χ1) is 7.83. The summed E-state index contributed by atoms with van der Waals surface area (Å²) in [7, 11) is 0. The molecule has 0 spiro atoms. The molecule has 0 aromatic heterocycles. The molecule has 0 aromatic carbocycles. The summed E-state index contributed by atoms with van der Waals surface area (Å²) in [6, 6.07) is 0. The molecule has 2 aliphatic carbocycles. The normalized spacial score (nSPS) is 32.6. The lowest BCUT2D eigenvalue weighted by atomic mass is 9.71. The van der Waals surface area contributed by atoms with Crippen molar-refractivity contribution in [2.45, 2.75) is 57.8 Å². The quantitative estimate of drug-likeness (QED) is 0.799. The molecule has 16 heavy (non-hydrogen) atoms. The number of ketones is 1. The number of hydrogen-bond acceptors (Lipinski definition) is 2. The third-order valence-electron chi connectivity index (χ3n) is 4.58. The van der Waals surface area contributed by atoms with Gasteiger partial charge in [-0.25, -0.2) is 0 Å². The lowest BCUT2D eigenvalue weighted by Gasteiger charge is -2.33. The van der Waals surface area contributed by atoms with Crippen molar-refractivity contribution in [2.75, 3.05) is 6.54 Å². The summed E-state index contributed by atoms with van der Waals surface area (Å²) in [6.07, 6.45) is 10.9. The molecule has 2 fully saturated rings. The van der Waals surface area contributed by atoms with E-state index in [0.29, 0.717) is 30.1 Å². The highest BCUT2D eigenvalue weighted by atomic mass is 16.1. The molecular weight excluding hydrogens is 198 g/mol. The molecule has 2 unspecified atom stereocenters. The Balaban J connectivity index is 1.95. The maximum atomic E-state index is 12.5. The number of hydrogen-bond donors (Lipinski definition) is 1. The van der Waals surface area contributed by atoms with Crippen molar-refractivity contribution < 1.29 is 4.79 Å². The molecule has 2 atom stereocenters. The molecular formula is C14H25NO. The van der Waals surface area contributed by atoms with Crippen LogP contribution in [0.1, 0.15) is 57.8 Å². The smallest absolute Gasteiger partial charge is 0.139 e. The van der Waals surface area contributed by atoms with Crippen LogP contribution in [0.25, 0.3) is 0 Å². The van der Waals surface area contributed by atoms with Gasteiger partial charge in [-0.15, -0.1) is 0 Å². The van der Waals surface area contributed by atoms with Crippen LogP contribution in [-0.2, 0) is 4.79 Å². The number of Topliss-reactive ketones (excluding diaryl/α,β-unsaturated/α-hetero) is 1. The topological polar surface area (TPSA) is 43.1 Å². The predicted octanol–water partition coefficient (Wildman–Crippen LogP) is 2.90. The van der Waals surface area contributed by atoms with Gasteiger partial charge in [0.25, 0.3) is 0 Å². The molecule has 2 N–H and O–H groups in total. The second kappa shape index (κ2) is 5.81. The highest BCUT2D eigenvalue weighted by Crippen LogP contribution is 2.35. The van der Waals surface area contributed by atoms with Crippen LogP contribution in [0, 0.1) is 17.8 Å². The molecule has 2 saturated carbocycles. The Hall–Kier alpha value is -0.370. The first-order valence-electron chi connectivity index (χ1n) is 7.06. The molecule has 2 nitrogen and oxygen atoms in total. The van der Waals surface area contributed by atoms with Crippen molar-refractivity contribution in [2.24, 2.45) is 23.5 Å². The van der Waals surface area contributed by atoms with E-state index in [1.54, 1.807) is 0 Å². The van der Waals surface area contributed by atoms with E-state index >= 15 is 0 Å². The van der Waals surface area contributed by atoms with E-state index in [2.05, 4.69) is 0 Å². The molecule has 0 heterocycles. The molecule has 2 heteroatoms. The Morgan fingerprint density at radius 1 is 0.938 bits per heavy atom. The van der Waals surface area contributed by atoms with E-state index in [1.807, 2.05) is 0 Å². The molecule has 0 aliphatic heterocycles. The number of carbonyl (C=O) groups is 1. The summed E-state index contributed by atoms with van der Waals surface area (Å²) in [6.45, 7) is 0.711. The maximum absolute atomic E-state index is 12.5. The van der Waals surface area contributed by atoms with Gasteiger partial charge < -0.3 is 5.73 Å². The van der Waals surface area contributed by atoms with Crippen molar-refractivity contribution in [3.8, 4) is 0 Å². The SMILES string of the molecule is NCC1CCCCC1C(=O)C1CCCCC1. The first kappa shape index (κ1) is 12.1. The second-order valence-corrected chi connectivity index (χ2v) is 5.62. The van der Waals surface area contributed by atoms with Crippen LogP contribution in [-0.4, -0.2) is 12.3 Å². The first-order valence-corrected chi connectivity index (χ1v) is 7.06. The van der Waals surface area contributed by atoms with E-state index in [1.165, 1.54) is 38.5 Å². The molecule has 0 amide bonds. The van der Waals surface area contributed by atoms with Crippen LogP contribution in [0.3, 0.4) is 0 Å². The number of carbonyl (C=O) groups excluding carboxylic acids is 1. The zero-order chi connectivity index (χ0) is 11.4. The van der Waals surface area contributed by atoms with Crippen LogP contribution in [0.4, 0.5) is 0 Å². The molecule has 2 aliphatic rings. The zero-order valence-corrected chi connectivity index (χ0v) is 10.3. The Kier molecular flexibility index (Phi) is 4.39. The molecule has 2 rings (SSSR count). The van der Waals surface area contributed by atoms with E-state index in [4.69, 9.17) is 5.73 Å². The molecule has 0 saturated heterocycles. The fourth-order valence-electron chi connectivity index (χ4n) is 3.55. The largest absolute Gasteiger partial charge is 0.330 e. The average molecular weight is 223 g/mol. The lowest BCUT2D eigenvalue weighted by molar-refractivity contribution is -0.130. The van der Waals surface area contributed by atoms with Crippen LogP contribution in [0.5, 0.6) is 0 Å². The van der Waals surface area contributed by atoms with Gasteiger partial charge in [-0.2, -0.15) is 0 Å². The number of rotatable bonds is 3. The van der Waals surface area contributed by atoms with E-state index < -0.39 is 0 Å². The van der Waals surface area contributed by atoms with Crippen molar-refractivity contribution in [3.05, 3.63) is 0 Å². The average Bonchev–Trinajstić information content (AvgIpc) is 2.39.